The van der Waals surface area contributed by atoms with Crippen LogP contribution in [0, 0.1) is 4.77 Å². The SMILES string of the molecule is COc1ccc2[nH]c(=S)n(C(C)CC(F)(F)F)c2n1. The van der Waals surface area contributed by atoms with Crippen molar-refractivity contribution in [3.63, 3.8) is 0 Å². The van der Waals surface area contributed by atoms with Gasteiger partial charge in [0.05, 0.1) is 19.0 Å². The van der Waals surface area contributed by atoms with Crippen molar-refractivity contribution in [3.05, 3.63) is 16.9 Å². The summed E-state index contributed by atoms with van der Waals surface area (Å²) in [5.74, 6) is 0.328. The van der Waals surface area contributed by atoms with Gasteiger partial charge in [0.15, 0.2) is 10.4 Å². The van der Waals surface area contributed by atoms with E-state index in [9.17, 15) is 13.2 Å². The van der Waals surface area contributed by atoms with Gasteiger partial charge < -0.3 is 9.72 Å². The predicted octanol–water partition coefficient (Wildman–Crippen LogP) is 3.62. The summed E-state index contributed by atoms with van der Waals surface area (Å²) in [6, 6.07) is 2.46. The van der Waals surface area contributed by atoms with Crippen molar-refractivity contribution in [1.82, 2.24) is 14.5 Å². The summed E-state index contributed by atoms with van der Waals surface area (Å²) in [4.78, 5) is 6.98. The zero-order chi connectivity index (χ0) is 14.2. The molecule has 2 rings (SSSR count). The molecule has 2 aromatic heterocycles. The lowest BCUT2D eigenvalue weighted by Gasteiger charge is -2.16. The first-order chi connectivity index (χ1) is 8.81. The quantitative estimate of drug-likeness (QED) is 0.878. The van der Waals surface area contributed by atoms with Crippen LogP contribution in [0.2, 0.25) is 0 Å². The molecule has 1 unspecified atom stereocenters. The highest BCUT2D eigenvalue weighted by Crippen LogP contribution is 2.30. The molecule has 8 heteroatoms. The maximum absolute atomic E-state index is 12.5. The number of hydrogen-bond acceptors (Lipinski definition) is 3. The number of hydrogen-bond donors (Lipinski definition) is 1. The van der Waals surface area contributed by atoms with Gasteiger partial charge in [0.25, 0.3) is 0 Å². The molecule has 2 aromatic rings. The smallest absolute Gasteiger partial charge is 0.391 e. The van der Waals surface area contributed by atoms with E-state index in [0.717, 1.165) is 0 Å². The summed E-state index contributed by atoms with van der Waals surface area (Å²) in [6.45, 7) is 1.46. The van der Waals surface area contributed by atoms with Crippen molar-refractivity contribution in [3.8, 4) is 5.88 Å². The third-order valence-electron chi connectivity index (χ3n) is 2.71. The molecule has 0 spiro atoms. The molecule has 0 amide bonds. The Kier molecular flexibility index (Phi) is 3.53. The maximum Gasteiger partial charge on any atom is 0.391 e. The molecule has 2 heterocycles. The molecule has 4 nitrogen and oxygen atoms in total. The lowest BCUT2D eigenvalue weighted by molar-refractivity contribution is -0.141. The number of nitrogens with one attached hydrogen (secondary N) is 1. The Bertz CT molecular complexity index is 647. The fourth-order valence-electron chi connectivity index (χ4n) is 1.93. The molecular formula is C11H12F3N3OS. The van der Waals surface area contributed by atoms with Gasteiger partial charge in [-0.1, -0.05) is 0 Å². The number of aromatic amines is 1. The average Bonchev–Trinajstić information content (AvgIpc) is 2.61. The van der Waals surface area contributed by atoms with Crippen molar-refractivity contribution in [2.75, 3.05) is 7.11 Å². The van der Waals surface area contributed by atoms with Gasteiger partial charge in [-0.05, 0) is 25.2 Å². The number of pyridine rings is 1. The van der Waals surface area contributed by atoms with Gasteiger partial charge in [0, 0.05) is 12.1 Å². The molecule has 0 aliphatic rings. The molecule has 0 radical (unpaired) electrons. The lowest BCUT2D eigenvalue weighted by Crippen LogP contribution is -2.17. The first-order valence-electron chi connectivity index (χ1n) is 5.54. The molecule has 104 valence electrons. The number of halogens is 3. The minimum absolute atomic E-state index is 0.215. The van der Waals surface area contributed by atoms with Crippen LogP contribution in [-0.4, -0.2) is 27.8 Å². The Morgan fingerprint density at radius 3 is 2.74 bits per heavy atom. The summed E-state index contributed by atoms with van der Waals surface area (Å²) in [7, 11) is 1.44. The zero-order valence-corrected chi connectivity index (χ0v) is 11.1. The zero-order valence-electron chi connectivity index (χ0n) is 10.3. The van der Waals surface area contributed by atoms with Crippen LogP contribution in [0.3, 0.4) is 0 Å². The van der Waals surface area contributed by atoms with Crippen LogP contribution in [0.4, 0.5) is 13.2 Å². The Labute approximate surface area is 112 Å². The van der Waals surface area contributed by atoms with E-state index in [-0.39, 0.29) is 4.77 Å². The lowest BCUT2D eigenvalue weighted by atomic mass is 10.2. The van der Waals surface area contributed by atoms with Gasteiger partial charge in [0.2, 0.25) is 5.88 Å². The number of aromatic nitrogens is 3. The number of H-pyrrole nitrogens is 1. The van der Waals surface area contributed by atoms with Gasteiger partial charge in [-0.25, -0.2) is 0 Å². The summed E-state index contributed by atoms with van der Waals surface area (Å²) in [5, 5.41) is 0. The minimum atomic E-state index is -4.25. The highest BCUT2D eigenvalue weighted by atomic mass is 32.1. The van der Waals surface area contributed by atoms with Crippen LogP contribution in [-0.2, 0) is 0 Å². The van der Waals surface area contributed by atoms with E-state index >= 15 is 0 Å². The second-order valence-electron chi connectivity index (χ2n) is 4.19. The van der Waals surface area contributed by atoms with Crippen LogP contribution < -0.4 is 4.74 Å². The Morgan fingerprint density at radius 1 is 1.47 bits per heavy atom. The van der Waals surface area contributed by atoms with Crippen LogP contribution in [0.25, 0.3) is 11.2 Å². The molecule has 0 fully saturated rings. The van der Waals surface area contributed by atoms with Crippen molar-refractivity contribution in [1.29, 1.82) is 0 Å². The number of rotatable bonds is 3. The van der Waals surface area contributed by atoms with E-state index in [1.807, 2.05) is 0 Å². The second kappa shape index (κ2) is 4.84. The standard InChI is InChI=1S/C11H12F3N3OS/c1-6(5-11(12,13)14)17-9-7(15-10(17)19)3-4-8(16-9)18-2/h3-4,6H,5H2,1-2H3,(H,15,19). The first-order valence-corrected chi connectivity index (χ1v) is 5.94. The molecule has 0 aliphatic heterocycles. The normalized spacial score (nSPS) is 13.7. The highest BCUT2D eigenvalue weighted by molar-refractivity contribution is 7.71. The highest BCUT2D eigenvalue weighted by Gasteiger charge is 2.31. The van der Waals surface area contributed by atoms with Gasteiger partial charge in [0.1, 0.15) is 0 Å². The van der Waals surface area contributed by atoms with Crippen molar-refractivity contribution < 1.29 is 17.9 Å². The molecule has 1 atom stereocenters. The van der Waals surface area contributed by atoms with Gasteiger partial charge in [-0.2, -0.15) is 18.2 Å². The molecular weight excluding hydrogens is 279 g/mol. The van der Waals surface area contributed by atoms with E-state index in [1.165, 1.54) is 18.6 Å². The number of ether oxygens (including phenoxy) is 1. The molecule has 0 bridgehead atoms. The third kappa shape index (κ3) is 2.89. The monoisotopic (exact) mass is 291 g/mol. The molecule has 0 saturated carbocycles. The predicted molar refractivity (Wildman–Crippen MR) is 66.9 cm³/mol. The fourth-order valence-corrected chi connectivity index (χ4v) is 2.31. The maximum atomic E-state index is 12.5. The molecule has 0 aliphatic carbocycles. The first kappa shape index (κ1) is 13.9. The third-order valence-corrected chi connectivity index (χ3v) is 3.01. The van der Waals surface area contributed by atoms with E-state index in [4.69, 9.17) is 17.0 Å². The topological polar surface area (TPSA) is 42.8 Å². The summed E-state index contributed by atoms with van der Waals surface area (Å²) < 4.78 is 44.0. The Hall–Kier alpha value is -1.57. The molecule has 0 aromatic carbocycles. The van der Waals surface area contributed by atoms with E-state index < -0.39 is 18.6 Å². The Morgan fingerprint density at radius 2 is 2.16 bits per heavy atom. The second-order valence-corrected chi connectivity index (χ2v) is 4.58. The number of methoxy groups -OCH3 is 1. The summed E-state index contributed by atoms with van der Waals surface area (Å²) >= 11 is 5.06. The number of imidazole rings is 1. The van der Waals surface area contributed by atoms with Crippen LogP contribution in [0.1, 0.15) is 19.4 Å². The molecule has 19 heavy (non-hydrogen) atoms. The van der Waals surface area contributed by atoms with E-state index in [0.29, 0.717) is 17.0 Å². The van der Waals surface area contributed by atoms with Crippen LogP contribution in [0.15, 0.2) is 12.1 Å². The fraction of sp³-hybridized carbons (Fsp3) is 0.455. The number of nitrogens with zero attached hydrogens (tertiary/aromatic N) is 2. The van der Waals surface area contributed by atoms with E-state index in [2.05, 4.69) is 9.97 Å². The van der Waals surface area contributed by atoms with Gasteiger partial charge >= 0.3 is 6.18 Å². The minimum Gasteiger partial charge on any atom is -0.481 e. The molecule has 1 N–H and O–H groups in total. The number of fused-ring (bicyclic) bond motifs is 1. The number of alkyl halides is 3. The van der Waals surface area contributed by atoms with Gasteiger partial charge in [-0.15, -0.1) is 0 Å². The average molecular weight is 291 g/mol. The summed E-state index contributed by atoms with van der Waals surface area (Å²) in [5.41, 5.74) is 0.945. The summed E-state index contributed by atoms with van der Waals surface area (Å²) in [6.07, 6.45) is -5.22. The van der Waals surface area contributed by atoms with Crippen molar-refractivity contribution in [2.24, 2.45) is 0 Å². The van der Waals surface area contributed by atoms with Crippen LogP contribution in [0.5, 0.6) is 5.88 Å². The molecule has 0 saturated heterocycles. The Balaban J connectivity index is 2.52. The van der Waals surface area contributed by atoms with Crippen LogP contribution >= 0.6 is 12.2 Å². The van der Waals surface area contributed by atoms with Crippen molar-refractivity contribution >= 4 is 23.4 Å². The largest absolute Gasteiger partial charge is 0.481 e. The van der Waals surface area contributed by atoms with Crippen molar-refractivity contribution in [2.45, 2.75) is 25.6 Å². The van der Waals surface area contributed by atoms with Gasteiger partial charge in [-0.3, -0.25) is 4.57 Å². The van der Waals surface area contributed by atoms with E-state index in [1.54, 1.807) is 12.1 Å².